The summed E-state index contributed by atoms with van der Waals surface area (Å²) in [6, 6.07) is 6.08. The minimum atomic E-state index is -0.461. The van der Waals surface area contributed by atoms with E-state index < -0.39 is 11.7 Å². The first-order chi connectivity index (χ1) is 8.70. The molecule has 0 aliphatic rings. The summed E-state index contributed by atoms with van der Waals surface area (Å²) in [7, 11) is 0. The topological polar surface area (TPSA) is 77.2 Å². The molecule has 0 saturated carbocycles. The normalized spacial score (nSPS) is 10.1. The Bertz CT molecular complexity index is 559. The number of rotatable bonds is 4. The number of hydrogen-bond donors (Lipinski definition) is 2. The van der Waals surface area contributed by atoms with Crippen molar-refractivity contribution in [2.24, 2.45) is 5.84 Å². The molecule has 0 bridgehead atoms. The maximum Gasteiger partial charge on any atom is 0.294 e. The lowest BCUT2D eigenvalue weighted by molar-refractivity contribution is 0.0953. The molecular formula is C11H10FN3O2S. The van der Waals surface area contributed by atoms with Crippen LogP contribution in [-0.2, 0) is 6.61 Å². The van der Waals surface area contributed by atoms with Crippen LogP contribution in [-0.4, -0.2) is 10.9 Å². The van der Waals surface area contributed by atoms with E-state index in [0.29, 0.717) is 5.69 Å². The quantitative estimate of drug-likeness (QED) is 0.499. The number of nitrogens with two attached hydrogens (primary N) is 1. The van der Waals surface area contributed by atoms with Crippen molar-refractivity contribution in [1.82, 2.24) is 10.4 Å². The number of amides is 1. The summed E-state index contributed by atoms with van der Waals surface area (Å²) in [5.74, 6) is 4.23. The van der Waals surface area contributed by atoms with Crippen LogP contribution in [0.2, 0.25) is 0 Å². The highest BCUT2D eigenvalue weighted by Gasteiger charge is 2.10. The lowest BCUT2D eigenvalue weighted by atomic mass is 10.3. The number of aromatic nitrogens is 1. The van der Waals surface area contributed by atoms with E-state index in [9.17, 15) is 9.18 Å². The Labute approximate surface area is 106 Å². The second kappa shape index (κ2) is 5.56. The number of carbonyl (C=O) groups excluding carboxylic acids is 1. The molecule has 94 valence electrons. The molecule has 0 spiro atoms. The average Bonchev–Trinajstić information content (AvgIpc) is 2.86. The van der Waals surface area contributed by atoms with E-state index in [0.717, 1.165) is 11.3 Å². The monoisotopic (exact) mass is 267 g/mol. The van der Waals surface area contributed by atoms with Crippen molar-refractivity contribution in [3.63, 3.8) is 0 Å². The summed E-state index contributed by atoms with van der Waals surface area (Å²) in [6.07, 6.45) is 0. The van der Waals surface area contributed by atoms with Crippen molar-refractivity contribution < 1.29 is 13.9 Å². The summed E-state index contributed by atoms with van der Waals surface area (Å²) in [5, 5.41) is 1.90. The predicted octanol–water partition coefficient (Wildman–Crippen LogP) is 1.46. The first-order valence-electron chi connectivity index (χ1n) is 5.03. The van der Waals surface area contributed by atoms with E-state index >= 15 is 0 Å². The Balaban J connectivity index is 2.01. The number of benzene rings is 1. The molecule has 2 aromatic rings. The van der Waals surface area contributed by atoms with Gasteiger partial charge in [-0.05, 0) is 12.1 Å². The number of thiazole rings is 1. The molecule has 0 unspecified atom stereocenters. The fourth-order valence-corrected chi connectivity index (χ4v) is 1.96. The standard InChI is InChI=1S/C11H10FN3O2S/c12-8-3-1-2-4-9(8)17-5-7-6-18-11(14-7)10(16)15-13/h1-4,6H,5,13H2,(H,15,16). The van der Waals surface area contributed by atoms with Gasteiger partial charge in [0.25, 0.3) is 5.91 Å². The van der Waals surface area contributed by atoms with E-state index in [1.165, 1.54) is 12.1 Å². The number of nitrogen functional groups attached to an aromatic ring is 1. The van der Waals surface area contributed by atoms with Crippen molar-refractivity contribution in [3.8, 4) is 5.75 Å². The van der Waals surface area contributed by atoms with E-state index in [2.05, 4.69) is 4.98 Å². The highest BCUT2D eigenvalue weighted by Crippen LogP contribution is 2.18. The molecule has 1 aromatic carbocycles. The number of para-hydroxylation sites is 1. The minimum Gasteiger partial charge on any atom is -0.484 e. The van der Waals surface area contributed by atoms with Gasteiger partial charge in [-0.3, -0.25) is 10.2 Å². The van der Waals surface area contributed by atoms with Gasteiger partial charge in [0.2, 0.25) is 0 Å². The Hall–Kier alpha value is -1.99. The Morgan fingerprint density at radius 3 is 3.00 bits per heavy atom. The molecule has 0 radical (unpaired) electrons. The number of ether oxygens (including phenoxy) is 1. The van der Waals surface area contributed by atoms with Gasteiger partial charge >= 0.3 is 0 Å². The zero-order valence-corrected chi connectivity index (χ0v) is 10.0. The second-order valence-electron chi connectivity index (χ2n) is 3.34. The van der Waals surface area contributed by atoms with Gasteiger partial charge in [0.05, 0.1) is 5.69 Å². The van der Waals surface area contributed by atoms with Crippen LogP contribution < -0.4 is 16.0 Å². The molecule has 0 aliphatic carbocycles. The van der Waals surface area contributed by atoms with Gasteiger partial charge in [0.1, 0.15) is 6.61 Å². The summed E-state index contributed by atoms with van der Waals surface area (Å²) < 4.78 is 18.5. The molecule has 1 heterocycles. The van der Waals surface area contributed by atoms with Crippen molar-refractivity contribution in [2.75, 3.05) is 0 Å². The fourth-order valence-electron chi connectivity index (χ4n) is 1.25. The van der Waals surface area contributed by atoms with Crippen LogP contribution in [0.5, 0.6) is 5.75 Å². The molecule has 2 rings (SSSR count). The largest absolute Gasteiger partial charge is 0.484 e. The zero-order chi connectivity index (χ0) is 13.0. The summed E-state index contributed by atoms with van der Waals surface area (Å²) in [4.78, 5) is 15.2. The second-order valence-corrected chi connectivity index (χ2v) is 4.19. The SMILES string of the molecule is NNC(=O)c1nc(COc2ccccc2F)cs1. The molecule has 18 heavy (non-hydrogen) atoms. The van der Waals surface area contributed by atoms with E-state index in [-0.39, 0.29) is 17.4 Å². The lowest BCUT2D eigenvalue weighted by Gasteiger charge is -2.04. The predicted molar refractivity (Wildman–Crippen MR) is 64.5 cm³/mol. The third kappa shape index (κ3) is 2.82. The van der Waals surface area contributed by atoms with Gasteiger partial charge in [-0.25, -0.2) is 15.2 Å². The molecule has 0 fully saturated rings. The smallest absolute Gasteiger partial charge is 0.294 e. The first kappa shape index (κ1) is 12.5. The van der Waals surface area contributed by atoms with Crippen LogP contribution >= 0.6 is 11.3 Å². The van der Waals surface area contributed by atoms with Crippen LogP contribution in [0.1, 0.15) is 15.5 Å². The Morgan fingerprint density at radius 1 is 1.50 bits per heavy atom. The van der Waals surface area contributed by atoms with Gasteiger partial charge in [-0.15, -0.1) is 11.3 Å². The highest BCUT2D eigenvalue weighted by molar-refractivity contribution is 7.11. The number of halogens is 1. The van der Waals surface area contributed by atoms with Crippen LogP contribution in [0.15, 0.2) is 29.6 Å². The van der Waals surface area contributed by atoms with Crippen LogP contribution in [0.3, 0.4) is 0 Å². The molecule has 5 nitrogen and oxygen atoms in total. The van der Waals surface area contributed by atoms with Gasteiger partial charge in [0, 0.05) is 5.38 Å². The Morgan fingerprint density at radius 2 is 2.28 bits per heavy atom. The van der Waals surface area contributed by atoms with Gasteiger partial charge in [-0.1, -0.05) is 12.1 Å². The molecule has 1 amide bonds. The molecule has 3 N–H and O–H groups in total. The summed E-state index contributed by atoms with van der Waals surface area (Å²) in [6.45, 7) is 0.0925. The maximum atomic E-state index is 13.3. The Kier molecular flexibility index (Phi) is 3.85. The first-order valence-corrected chi connectivity index (χ1v) is 5.91. The molecule has 0 saturated heterocycles. The zero-order valence-electron chi connectivity index (χ0n) is 9.22. The number of carbonyl (C=O) groups is 1. The molecule has 1 aromatic heterocycles. The van der Waals surface area contributed by atoms with Gasteiger partial charge in [-0.2, -0.15) is 0 Å². The minimum absolute atomic E-state index is 0.0925. The van der Waals surface area contributed by atoms with Crippen molar-refractivity contribution >= 4 is 17.2 Å². The van der Waals surface area contributed by atoms with E-state index in [1.807, 2.05) is 5.43 Å². The van der Waals surface area contributed by atoms with Crippen LogP contribution in [0, 0.1) is 5.82 Å². The van der Waals surface area contributed by atoms with E-state index in [1.54, 1.807) is 17.5 Å². The molecule has 0 atom stereocenters. The number of hydrogen-bond acceptors (Lipinski definition) is 5. The van der Waals surface area contributed by atoms with Crippen molar-refractivity contribution in [1.29, 1.82) is 0 Å². The average molecular weight is 267 g/mol. The fraction of sp³-hybridized carbons (Fsp3) is 0.0909. The summed E-state index contributed by atoms with van der Waals surface area (Å²) >= 11 is 1.14. The van der Waals surface area contributed by atoms with Crippen molar-refractivity contribution in [2.45, 2.75) is 6.61 Å². The number of nitrogens with zero attached hydrogens (tertiary/aromatic N) is 1. The summed E-state index contributed by atoms with van der Waals surface area (Å²) in [5.41, 5.74) is 2.53. The third-order valence-electron chi connectivity index (χ3n) is 2.09. The third-order valence-corrected chi connectivity index (χ3v) is 2.98. The van der Waals surface area contributed by atoms with Crippen molar-refractivity contribution in [3.05, 3.63) is 46.2 Å². The highest BCUT2D eigenvalue weighted by atomic mass is 32.1. The number of nitrogens with one attached hydrogen (secondary N) is 1. The van der Waals surface area contributed by atoms with Gasteiger partial charge in [0.15, 0.2) is 16.6 Å². The van der Waals surface area contributed by atoms with Crippen LogP contribution in [0.4, 0.5) is 4.39 Å². The molecule has 0 aliphatic heterocycles. The maximum absolute atomic E-state index is 13.3. The number of hydrazine groups is 1. The van der Waals surface area contributed by atoms with E-state index in [4.69, 9.17) is 10.6 Å². The van der Waals surface area contributed by atoms with Crippen LogP contribution in [0.25, 0.3) is 0 Å². The van der Waals surface area contributed by atoms with Gasteiger partial charge < -0.3 is 4.74 Å². The molecular weight excluding hydrogens is 257 g/mol. The lowest BCUT2D eigenvalue weighted by Crippen LogP contribution is -2.29. The molecule has 7 heteroatoms.